The molecule has 0 atom stereocenters. The van der Waals surface area contributed by atoms with Crippen LogP contribution in [0.2, 0.25) is 0 Å². The van der Waals surface area contributed by atoms with Gasteiger partial charge in [-0.15, -0.1) is 0 Å². The van der Waals surface area contributed by atoms with E-state index < -0.39 is 5.97 Å². The average molecular weight is 339 g/mol. The van der Waals surface area contributed by atoms with Crippen molar-refractivity contribution in [1.29, 1.82) is 0 Å². The Morgan fingerprint density at radius 1 is 1.42 bits per heavy atom. The van der Waals surface area contributed by atoms with Crippen LogP contribution in [0.3, 0.4) is 0 Å². The lowest BCUT2D eigenvalue weighted by molar-refractivity contribution is 0.0697. The monoisotopic (exact) mass is 338 g/mol. The highest BCUT2D eigenvalue weighted by Crippen LogP contribution is 2.29. The highest BCUT2D eigenvalue weighted by molar-refractivity contribution is 9.10. The largest absolute Gasteiger partial charge is 0.478 e. The molecule has 1 heterocycles. The number of nitrogens with two attached hydrogens (primary N) is 1. The van der Waals surface area contributed by atoms with Crippen molar-refractivity contribution < 1.29 is 9.90 Å². The summed E-state index contributed by atoms with van der Waals surface area (Å²) in [6, 6.07) is 8.57. The number of rotatable bonds is 4. The molecule has 2 aromatic rings. The third kappa shape index (κ3) is 3.48. The number of thioether (sulfide) groups is 1. The van der Waals surface area contributed by atoms with Crippen molar-refractivity contribution in [2.45, 2.75) is 10.8 Å². The van der Waals surface area contributed by atoms with E-state index >= 15 is 0 Å². The van der Waals surface area contributed by atoms with Crippen molar-refractivity contribution in [3.63, 3.8) is 0 Å². The van der Waals surface area contributed by atoms with Crippen molar-refractivity contribution in [1.82, 2.24) is 4.98 Å². The van der Waals surface area contributed by atoms with Gasteiger partial charge in [-0.05, 0) is 29.8 Å². The molecule has 1 aromatic heterocycles. The van der Waals surface area contributed by atoms with E-state index in [0.717, 1.165) is 15.1 Å². The zero-order valence-electron chi connectivity index (χ0n) is 9.84. The van der Waals surface area contributed by atoms with Gasteiger partial charge in [0.15, 0.2) is 0 Å². The highest BCUT2D eigenvalue weighted by Gasteiger charge is 2.08. The Morgan fingerprint density at radius 2 is 2.21 bits per heavy atom. The molecular formula is C13H11BrN2O2S. The van der Waals surface area contributed by atoms with Crippen molar-refractivity contribution in [2.24, 2.45) is 0 Å². The van der Waals surface area contributed by atoms with Crippen LogP contribution in [0.15, 0.2) is 46.0 Å². The highest BCUT2D eigenvalue weighted by atomic mass is 79.9. The second-order valence-electron chi connectivity index (χ2n) is 3.80. The van der Waals surface area contributed by atoms with E-state index in [1.165, 1.54) is 11.8 Å². The topological polar surface area (TPSA) is 76.2 Å². The fourth-order valence-electron chi connectivity index (χ4n) is 1.47. The van der Waals surface area contributed by atoms with E-state index in [-0.39, 0.29) is 5.56 Å². The van der Waals surface area contributed by atoms with Crippen molar-refractivity contribution >= 4 is 39.3 Å². The number of carbonyl (C=O) groups is 1. The van der Waals surface area contributed by atoms with Gasteiger partial charge in [-0.3, -0.25) is 0 Å². The molecule has 0 fully saturated rings. The number of hydrogen-bond donors (Lipinski definition) is 2. The quantitative estimate of drug-likeness (QED) is 0.835. The summed E-state index contributed by atoms with van der Waals surface area (Å²) in [5, 5.41) is 9.67. The number of hydrogen-bond acceptors (Lipinski definition) is 4. The fourth-order valence-corrected chi connectivity index (χ4v) is 3.09. The Kier molecular flexibility index (Phi) is 4.44. The molecule has 0 unspecified atom stereocenters. The minimum absolute atomic E-state index is 0.262. The summed E-state index contributed by atoms with van der Waals surface area (Å²) in [5.41, 5.74) is 7.72. The standard InChI is InChI=1S/C13H11BrN2O2S/c14-10-6-8(13(17)18)3-4-9(10)7-19-12-11(15)2-1-5-16-12/h1-6H,7,15H2,(H,17,18). The first kappa shape index (κ1) is 13.9. The lowest BCUT2D eigenvalue weighted by Crippen LogP contribution is -1.97. The van der Waals surface area contributed by atoms with Gasteiger partial charge >= 0.3 is 5.97 Å². The third-order valence-electron chi connectivity index (χ3n) is 2.46. The van der Waals surface area contributed by atoms with Crippen LogP contribution in [-0.2, 0) is 5.75 Å². The van der Waals surface area contributed by atoms with Crippen LogP contribution in [0, 0.1) is 0 Å². The van der Waals surface area contributed by atoms with E-state index in [0.29, 0.717) is 11.4 Å². The normalized spacial score (nSPS) is 10.4. The fraction of sp³-hybridized carbons (Fsp3) is 0.0769. The molecule has 98 valence electrons. The van der Waals surface area contributed by atoms with Crippen molar-refractivity contribution in [2.75, 3.05) is 5.73 Å². The van der Waals surface area contributed by atoms with E-state index in [4.69, 9.17) is 10.8 Å². The molecule has 0 aliphatic rings. The molecule has 6 heteroatoms. The summed E-state index contributed by atoms with van der Waals surface area (Å²) in [4.78, 5) is 15.0. The minimum atomic E-state index is -0.936. The molecule has 0 bridgehead atoms. The Labute approximate surface area is 123 Å². The number of aromatic nitrogens is 1. The smallest absolute Gasteiger partial charge is 0.335 e. The van der Waals surface area contributed by atoms with Gasteiger partial charge in [-0.25, -0.2) is 9.78 Å². The summed E-state index contributed by atoms with van der Waals surface area (Å²) in [5.74, 6) is -0.268. The maximum absolute atomic E-state index is 10.8. The van der Waals surface area contributed by atoms with Gasteiger partial charge in [0.05, 0.1) is 11.3 Å². The van der Waals surface area contributed by atoms with E-state index in [2.05, 4.69) is 20.9 Å². The summed E-state index contributed by atoms with van der Waals surface area (Å²) in [6.07, 6.45) is 1.70. The Hall–Kier alpha value is -1.53. The van der Waals surface area contributed by atoms with Crippen molar-refractivity contribution in [3.05, 3.63) is 52.1 Å². The molecule has 0 spiro atoms. The number of pyridine rings is 1. The average Bonchev–Trinajstić information content (AvgIpc) is 2.39. The van der Waals surface area contributed by atoms with Crippen LogP contribution in [-0.4, -0.2) is 16.1 Å². The minimum Gasteiger partial charge on any atom is -0.478 e. The van der Waals surface area contributed by atoms with Gasteiger partial charge in [0.2, 0.25) is 0 Å². The maximum atomic E-state index is 10.8. The number of nitrogens with zero attached hydrogens (tertiary/aromatic N) is 1. The van der Waals surface area contributed by atoms with Crippen LogP contribution in [0.1, 0.15) is 15.9 Å². The maximum Gasteiger partial charge on any atom is 0.335 e. The number of carboxylic acids is 1. The number of benzene rings is 1. The first-order valence-electron chi connectivity index (χ1n) is 5.43. The van der Waals surface area contributed by atoms with Crippen molar-refractivity contribution in [3.8, 4) is 0 Å². The Morgan fingerprint density at radius 3 is 2.84 bits per heavy atom. The van der Waals surface area contributed by atoms with Gasteiger partial charge in [0, 0.05) is 16.4 Å². The van der Waals surface area contributed by atoms with Gasteiger partial charge in [0.25, 0.3) is 0 Å². The molecule has 0 amide bonds. The molecule has 0 aliphatic carbocycles. The molecular weight excluding hydrogens is 328 g/mol. The third-order valence-corrected chi connectivity index (χ3v) is 4.27. The molecule has 0 saturated carbocycles. The van der Waals surface area contributed by atoms with Crippen LogP contribution in [0.4, 0.5) is 5.69 Å². The molecule has 0 radical (unpaired) electrons. The summed E-state index contributed by atoms with van der Waals surface area (Å²) < 4.78 is 0.773. The first-order chi connectivity index (χ1) is 9.08. The lowest BCUT2D eigenvalue weighted by atomic mass is 10.1. The summed E-state index contributed by atoms with van der Waals surface area (Å²) in [7, 11) is 0. The predicted octanol–water partition coefficient (Wildman–Crippen LogP) is 3.42. The molecule has 0 saturated heterocycles. The molecule has 0 aliphatic heterocycles. The SMILES string of the molecule is Nc1cccnc1SCc1ccc(C(=O)O)cc1Br. The summed E-state index contributed by atoms with van der Waals surface area (Å²) >= 11 is 4.89. The first-order valence-corrected chi connectivity index (χ1v) is 7.21. The van der Waals surface area contributed by atoms with E-state index in [1.807, 2.05) is 0 Å². The molecule has 1 aromatic carbocycles. The number of halogens is 1. The van der Waals surface area contributed by atoms with Crippen LogP contribution < -0.4 is 5.73 Å². The molecule has 4 nitrogen and oxygen atoms in total. The number of anilines is 1. The second-order valence-corrected chi connectivity index (χ2v) is 5.62. The lowest BCUT2D eigenvalue weighted by Gasteiger charge is -2.06. The zero-order chi connectivity index (χ0) is 13.8. The van der Waals surface area contributed by atoms with Gasteiger partial charge in [-0.2, -0.15) is 0 Å². The van der Waals surface area contributed by atoms with E-state index in [1.54, 1.807) is 36.5 Å². The predicted molar refractivity (Wildman–Crippen MR) is 79.3 cm³/mol. The van der Waals surface area contributed by atoms with Crippen LogP contribution >= 0.6 is 27.7 Å². The summed E-state index contributed by atoms with van der Waals surface area (Å²) in [6.45, 7) is 0. The number of aromatic carboxylic acids is 1. The number of nitrogen functional groups attached to an aromatic ring is 1. The molecule has 2 rings (SSSR count). The van der Waals surface area contributed by atoms with Gasteiger partial charge < -0.3 is 10.8 Å². The van der Waals surface area contributed by atoms with Gasteiger partial charge in [0.1, 0.15) is 5.03 Å². The second kappa shape index (κ2) is 6.08. The number of carboxylic acid groups (broad SMARTS) is 1. The molecule has 19 heavy (non-hydrogen) atoms. The Balaban J connectivity index is 2.12. The molecule has 3 N–H and O–H groups in total. The van der Waals surface area contributed by atoms with Gasteiger partial charge in [-0.1, -0.05) is 33.8 Å². The zero-order valence-corrected chi connectivity index (χ0v) is 12.2. The van der Waals surface area contributed by atoms with Crippen LogP contribution in [0.25, 0.3) is 0 Å². The van der Waals surface area contributed by atoms with Crippen LogP contribution in [0.5, 0.6) is 0 Å². The Bertz CT molecular complexity index is 619. The van der Waals surface area contributed by atoms with E-state index in [9.17, 15) is 4.79 Å².